The van der Waals surface area contributed by atoms with E-state index in [0.29, 0.717) is 5.75 Å². The van der Waals surface area contributed by atoms with Crippen molar-refractivity contribution in [1.82, 2.24) is 0 Å². The maximum Gasteiger partial charge on any atom is 0.265 e. The highest BCUT2D eigenvalue weighted by Gasteiger charge is 2.19. The first-order chi connectivity index (χ1) is 12.1. The third-order valence-corrected chi connectivity index (χ3v) is 4.35. The van der Waals surface area contributed by atoms with Gasteiger partial charge in [-0.05, 0) is 62.6 Å². The summed E-state index contributed by atoms with van der Waals surface area (Å²) in [6.45, 7) is 3.70. The van der Waals surface area contributed by atoms with Crippen molar-refractivity contribution in [3.63, 3.8) is 0 Å². The number of ether oxygens (including phenoxy) is 1. The molecule has 4 nitrogen and oxygen atoms in total. The number of benzene rings is 2. The number of para-hydroxylation sites is 2. The Morgan fingerprint density at radius 1 is 1.08 bits per heavy atom. The van der Waals surface area contributed by atoms with E-state index in [1.54, 1.807) is 6.92 Å². The van der Waals surface area contributed by atoms with E-state index >= 15 is 0 Å². The van der Waals surface area contributed by atoms with Gasteiger partial charge in [-0.25, -0.2) is 4.39 Å². The molecule has 0 aliphatic carbocycles. The summed E-state index contributed by atoms with van der Waals surface area (Å²) in [5.74, 6) is -0.0953. The fraction of sp³-hybridized carbons (Fsp3) is 0.350. The van der Waals surface area contributed by atoms with Crippen molar-refractivity contribution >= 4 is 17.3 Å². The second-order valence-electron chi connectivity index (χ2n) is 6.27. The number of carbonyl (C=O) groups excluding carboxylic acids is 1. The summed E-state index contributed by atoms with van der Waals surface area (Å²) in [7, 11) is 0. The average molecular weight is 342 g/mol. The molecular formula is C20H23FN2O2. The molecule has 1 aliphatic heterocycles. The number of halogens is 1. The van der Waals surface area contributed by atoms with E-state index in [2.05, 4.69) is 10.2 Å². The summed E-state index contributed by atoms with van der Waals surface area (Å²) < 4.78 is 18.5. The molecule has 1 amide bonds. The number of piperidine rings is 1. The largest absolute Gasteiger partial charge is 0.481 e. The second-order valence-corrected chi connectivity index (χ2v) is 6.27. The Balaban J connectivity index is 1.66. The molecule has 1 atom stereocenters. The zero-order valence-electron chi connectivity index (χ0n) is 14.4. The van der Waals surface area contributed by atoms with Crippen LogP contribution in [-0.4, -0.2) is 25.1 Å². The number of amides is 1. The Morgan fingerprint density at radius 2 is 1.76 bits per heavy atom. The SMILES string of the molecule is C[C@@H](Oc1ccc(F)cc1)C(=O)Nc1ccccc1N1CCCCC1. The van der Waals surface area contributed by atoms with Crippen LogP contribution in [0.2, 0.25) is 0 Å². The molecule has 1 heterocycles. The van der Waals surface area contributed by atoms with E-state index in [9.17, 15) is 9.18 Å². The smallest absolute Gasteiger partial charge is 0.265 e. The summed E-state index contributed by atoms with van der Waals surface area (Å²) in [5, 5.41) is 2.96. The van der Waals surface area contributed by atoms with E-state index in [0.717, 1.165) is 24.5 Å². The summed E-state index contributed by atoms with van der Waals surface area (Å²) in [4.78, 5) is 14.8. The summed E-state index contributed by atoms with van der Waals surface area (Å²) in [6.07, 6.45) is 2.92. The molecule has 0 aromatic heterocycles. The zero-order valence-corrected chi connectivity index (χ0v) is 14.4. The Labute approximate surface area is 147 Å². The van der Waals surface area contributed by atoms with Crippen LogP contribution < -0.4 is 15.0 Å². The molecule has 132 valence electrons. The van der Waals surface area contributed by atoms with Crippen molar-refractivity contribution in [2.75, 3.05) is 23.3 Å². The van der Waals surface area contributed by atoms with Gasteiger partial charge in [0.15, 0.2) is 6.10 Å². The molecule has 2 aromatic carbocycles. The maximum atomic E-state index is 13.0. The van der Waals surface area contributed by atoms with Crippen LogP contribution in [0.5, 0.6) is 5.75 Å². The fourth-order valence-corrected chi connectivity index (χ4v) is 3.00. The van der Waals surface area contributed by atoms with Gasteiger partial charge in [-0.2, -0.15) is 0 Å². The lowest BCUT2D eigenvalue weighted by Crippen LogP contribution is -2.33. The molecule has 3 rings (SSSR count). The van der Waals surface area contributed by atoms with Crippen LogP contribution >= 0.6 is 0 Å². The van der Waals surface area contributed by atoms with Crippen LogP contribution in [-0.2, 0) is 4.79 Å². The van der Waals surface area contributed by atoms with Crippen LogP contribution in [0.1, 0.15) is 26.2 Å². The third-order valence-electron chi connectivity index (χ3n) is 4.35. The number of hydrogen-bond acceptors (Lipinski definition) is 3. The quantitative estimate of drug-likeness (QED) is 0.884. The minimum Gasteiger partial charge on any atom is -0.481 e. The minimum absolute atomic E-state index is 0.228. The predicted octanol–water partition coefficient (Wildman–Crippen LogP) is 4.22. The second kappa shape index (κ2) is 8.01. The van der Waals surface area contributed by atoms with Gasteiger partial charge in [-0.15, -0.1) is 0 Å². The predicted molar refractivity (Wildman–Crippen MR) is 97.6 cm³/mol. The molecule has 1 N–H and O–H groups in total. The van der Waals surface area contributed by atoms with Crippen molar-refractivity contribution in [3.05, 3.63) is 54.3 Å². The van der Waals surface area contributed by atoms with Gasteiger partial charge in [0.05, 0.1) is 11.4 Å². The van der Waals surface area contributed by atoms with Crippen molar-refractivity contribution < 1.29 is 13.9 Å². The number of nitrogens with zero attached hydrogens (tertiary/aromatic N) is 1. The minimum atomic E-state index is -0.681. The van der Waals surface area contributed by atoms with Crippen molar-refractivity contribution in [1.29, 1.82) is 0 Å². The highest BCUT2D eigenvalue weighted by atomic mass is 19.1. The Bertz CT molecular complexity index is 712. The maximum absolute atomic E-state index is 13.0. The molecule has 1 aliphatic rings. The molecule has 0 unspecified atom stereocenters. The summed E-state index contributed by atoms with van der Waals surface area (Å²) in [6, 6.07) is 13.5. The van der Waals surface area contributed by atoms with Gasteiger partial charge in [-0.3, -0.25) is 4.79 Å². The monoisotopic (exact) mass is 342 g/mol. The number of anilines is 2. The lowest BCUT2D eigenvalue weighted by molar-refractivity contribution is -0.122. The number of nitrogens with one attached hydrogen (secondary N) is 1. The molecule has 0 saturated carbocycles. The lowest BCUT2D eigenvalue weighted by Gasteiger charge is -2.30. The number of hydrogen-bond donors (Lipinski definition) is 1. The first-order valence-electron chi connectivity index (χ1n) is 8.70. The third kappa shape index (κ3) is 4.50. The van der Waals surface area contributed by atoms with Gasteiger partial charge in [0.2, 0.25) is 0 Å². The summed E-state index contributed by atoms with van der Waals surface area (Å²) in [5.41, 5.74) is 1.84. The van der Waals surface area contributed by atoms with E-state index in [1.165, 1.54) is 43.5 Å². The van der Waals surface area contributed by atoms with Gasteiger partial charge < -0.3 is 15.0 Å². The van der Waals surface area contributed by atoms with E-state index in [-0.39, 0.29) is 11.7 Å². The van der Waals surface area contributed by atoms with Gasteiger partial charge >= 0.3 is 0 Å². The Kier molecular flexibility index (Phi) is 5.53. The highest BCUT2D eigenvalue weighted by Crippen LogP contribution is 2.28. The van der Waals surface area contributed by atoms with Crippen LogP contribution in [0.3, 0.4) is 0 Å². The van der Waals surface area contributed by atoms with Crippen LogP contribution in [0.25, 0.3) is 0 Å². The van der Waals surface area contributed by atoms with E-state index in [4.69, 9.17) is 4.74 Å². The normalized spacial score (nSPS) is 15.5. The first-order valence-corrected chi connectivity index (χ1v) is 8.70. The zero-order chi connectivity index (χ0) is 17.6. The topological polar surface area (TPSA) is 41.6 Å². The molecule has 25 heavy (non-hydrogen) atoms. The molecule has 0 spiro atoms. The molecule has 1 saturated heterocycles. The van der Waals surface area contributed by atoms with Crippen LogP contribution in [0, 0.1) is 5.82 Å². The van der Waals surface area contributed by atoms with Crippen molar-refractivity contribution in [2.24, 2.45) is 0 Å². The highest BCUT2D eigenvalue weighted by molar-refractivity contribution is 5.97. The van der Waals surface area contributed by atoms with E-state index < -0.39 is 6.10 Å². The van der Waals surface area contributed by atoms with Crippen molar-refractivity contribution in [2.45, 2.75) is 32.3 Å². The van der Waals surface area contributed by atoms with Crippen molar-refractivity contribution in [3.8, 4) is 5.75 Å². The Morgan fingerprint density at radius 3 is 2.48 bits per heavy atom. The number of rotatable bonds is 5. The number of carbonyl (C=O) groups is 1. The van der Waals surface area contributed by atoms with Crippen LogP contribution in [0.15, 0.2) is 48.5 Å². The van der Waals surface area contributed by atoms with Gasteiger partial charge in [-0.1, -0.05) is 12.1 Å². The van der Waals surface area contributed by atoms with Gasteiger partial charge in [0.1, 0.15) is 11.6 Å². The lowest BCUT2D eigenvalue weighted by atomic mass is 10.1. The van der Waals surface area contributed by atoms with Gasteiger partial charge in [0.25, 0.3) is 5.91 Å². The molecule has 5 heteroatoms. The van der Waals surface area contributed by atoms with Crippen LogP contribution in [0.4, 0.5) is 15.8 Å². The standard InChI is InChI=1S/C20H23FN2O2/c1-15(25-17-11-9-16(21)10-12-17)20(24)22-18-7-3-4-8-19(18)23-13-5-2-6-14-23/h3-4,7-12,15H,2,5-6,13-14H2,1H3,(H,22,24)/t15-/m1/s1. The Hall–Kier alpha value is -2.56. The first kappa shape index (κ1) is 17.3. The molecular weight excluding hydrogens is 319 g/mol. The summed E-state index contributed by atoms with van der Waals surface area (Å²) >= 11 is 0. The van der Waals surface area contributed by atoms with E-state index in [1.807, 2.05) is 24.3 Å². The molecule has 0 radical (unpaired) electrons. The molecule has 1 fully saturated rings. The van der Waals surface area contributed by atoms with Gasteiger partial charge in [0, 0.05) is 13.1 Å². The fourth-order valence-electron chi connectivity index (χ4n) is 3.00. The average Bonchev–Trinajstić information content (AvgIpc) is 2.64. The molecule has 0 bridgehead atoms. The molecule has 2 aromatic rings.